The quantitative estimate of drug-likeness (QED) is 0.168. The van der Waals surface area contributed by atoms with Gasteiger partial charge in [0.2, 0.25) is 0 Å². The maximum absolute atomic E-state index is 6.42. The van der Waals surface area contributed by atoms with Gasteiger partial charge in [-0.2, -0.15) is 0 Å². The first kappa shape index (κ1) is 32.0. The number of aromatic nitrogens is 6. The SMILES string of the molecule is c1ccc(-c2nc(-c3ccc4c(c3)sc3cccc(-c5nc(-c6ccccc6)nc(-c6ccccc6)n5)c34)nc(-c3cccc4c3oc3ccccc34)n2)cc1. The van der Waals surface area contributed by atoms with Crippen LogP contribution in [-0.2, 0) is 0 Å². The Balaban J connectivity index is 1.08. The van der Waals surface area contributed by atoms with E-state index in [1.807, 2.05) is 121 Å². The Bertz CT molecular complexity index is 3200. The van der Waals surface area contributed by atoms with Crippen molar-refractivity contribution >= 4 is 53.4 Å². The van der Waals surface area contributed by atoms with Crippen molar-refractivity contribution < 1.29 is 4.42 Å². The minimum absolute atomic E-state index is 0.551. The third-order valence-electron chi connectivity index (χ3n) is 10.0. The Morgan fingerprint density at radius 3 is 1.48 bits per heavy atom. The predicted octanol–water partition coefficient (Wildman–Crippen LogP) is 12.3. The van der Waals surface area contributed by atoms with Gasteiger partial charge in [-0.1, -0.05) is 146 Å². The molecule has 0 saturated heterocycles. The molecule has 0 saturated carbocycles. The number of para-hydroxylation sites is 2. The van der Waals surface area contributed by atoms with Gasteiger partial charge in [0.05, 0.1) is 5.56 Å². The normalized spacial score (nSPS) is 11.6. The lowest BCUT2D eigenvalue weighted by atomic mass is 10.0. The van der Waals surface area contributed by atoms with E-state index in [1.54, 1.807) is 11.3 Å². The fourth-order valence-electron chi connectivity index (χ4n) is 7.35. The van der Waals surface area contributed by atoms with Crippen LogP contribution in [0.2, 0.25) is 0 Å². The summed E-state index contributed by atoms with van der Waals surface area (Å²) in [7, 11) is 0. The predicted molar refractivity (Wildman–Crippen MR) is 226 cm³/mol. The number of fused-ring (bicyclic) bond motifs is 6. The summed E-state index contributed by atoms with van der Waals surface area (Å²) in [6, 6.07) is 57.1. The van der Waals surface area contributed by atoms with Gasteiger partial charge >= 0.3 is 0 Å². The van der Waals surface area contributed by atoms with Gasteiger partial charge in [0.25, 0.3) is 0 Å². The van der Waals surface area contributed by atoms with Gasteiger partial charge in [-0.3, -0.25) is 0 Å². The van der Waals surface area contributed by atoms with Gasteiger partial charge in [0.15, 0.2) is 34.9 Å². The molecule has 56 heavy (non-hydrogen) atoms. The molecule has 262 valence electrons. The number of thiophene rings is 1. The molecule has 0 aliphatic rings. The molecule has 4 heterocycles. The van der Waals surface area contributed by atoms with E-state index in [2.05, 4.69) is 48.5 Å². The van der Waals surface area contributed by atoms with E-state index in [4.69, 9.17) is 34.3 Å². The van der Waals surface area contributed by atoms with Crippen LogP contribution in [0.3, 0.4) is 0 Å². The van der Waals surface area contributed by atoms with Crippen LogP contribution in [0.5, 0.6) is 0 Å². The number of hydrogen-bond acceptors (Lipinski definition) is 8. The zero-order chi connectivity index (χ0) is 37.0. The Hall–Kier alpha value is -7.42. The maximum Gasteiger partial charge on any atom is 0.167 e. The molecule has 11 rings (SSSR count). The van der Waals surface area contributed by atoms with Crippen LogP contribution < -0.4 is 0 Å². The highest BCUT2D eigenvalue weighted by atomic mass is 32.1. The fraction of sp³-hybridized carbons (Fsp3) is 0. The zero-order valence-corrected chi connectivity index (χ0v) is 30.5. The first-order valence-electron chi connectivity index (χ1n) is 18.3. The number of nitrogens with zero attached hydrogens (tertiary/aromatic N) is 6. The number of rotatable bonds is 6. The standard InChI is InChI=1S/C48H28N6OS/c1-4-14-29(15-5-1)43-49-44(30-16-6-2-7-17-30)52-47(51-43)36-22-13-25-39-41(36)35-27-26-32(28-40(35)56-39)46-50-45(31-18-8-3-9-19-31)53-48(54-46)37-23-12-21-34-33-20-10-11-24-38(33)55-42(34)37/h1-28H. The lowest BCUT2D eigenvalue weighted by Crippen LogP contribution is -2.00. The molecule has 11 aromatic rings. The summed E-state index contributed by atoms with van der Waals surface area (Å²) in [5.41, 5.74) is 7.01. The van der Waals surface area contributed by atoms with Crippen LogP contribution >= 0.6 is 11.3 Å². The molecule has 0 fully saturated rings. The lowest BCUT2D eigenvalue weighted by molar-refractivity contribution is 0.669. The molecule has 0 aliphatic heterocycles. The van der Waals surface area contributed by atoms with E-state index in [0.29, 0.717) is 34.9 Å². The van der Waals surface area contributed by atoms with Gasteiger partial charge in [-0.05, 0) is 24.3 Å². The minimum atomic E-state index is 0.551. The smallest absolute Gasteiger partial charge is 0.167 e. The number of hydrogen-bond donors (Lipinski definition) is 0. The first-order valence-corrected chi connectivity index (χ1v) is 19.1. The Labute approximate surface area is 324 Å². The van der Waals surface area contributed by atoms with Gasteiger partial charge in [-0.15, -0.1) is 11.3 Å². The second kappa shape index (κ2) is 13.2. The molecular weight excluding hydrogens is 709 g/mol. The molecule has 0 unspecified atom stereocenters. The molecule has 0 radical (unpaired) electrons. The highest BCUT2D eigenvalue weighted by Gasteiger charge is 2.20. The number of benzene rings is 7. The fourth-order valence-corrected chi connectivity index (χ4v) is 8.52. The summed E-state index contributed by atoms with van der Waals surface area (Å²) in [5.74, 6) is 3.62. The van der Waals surface area contributed by atoms with Gasteiger partial charge < -0.3 is 4.42 Å². The molecule has 8 heteroatoms. The Kier molecular flexibility index (Phi) is 7.53. The Morgan fingerprint density at radius 2 is 0.839 bits per heavy atom. The summed E-state index contributed by atoms with van der Waals surface area (Å²) >= 11 is 1.73. The molecule has 0 N–H and O–H groups in total. The van der Waals surface area contributed by atoms with E-state index < -0.39 is 0 Å². The lowest BCUT2D eigenvalue weighted by Gasteiger charge is -2.10. The van der Waals surface area contributed by atoms with Crippen molar-refractivity contribution in [1.82, 2.24) is 29.9 Å². The van der Waals surface area contributed by atoms with Crippen LogP contribution in [0.15, 0.2) is 174 Å². The average molecular weight is 737 g/mol. The van der Waals surface area contributed by atoms with Crippen LogP contribution in [0, 0.1) is 0 Å². The van der Waals surface area contributed by atoms with Crippen molar-refractivity contribution in [2.24, 2.45) is 0 Å². The first-order chi connectivity index (χ1) is 27.7. The molecule has 0 amide bonds. The topological polar surface area (TPSA) is 90.5 Å². The van der Waals surface area contributed by atoms with Gasteiger partial charge in [-0.25, -0.2) is 29.9 Å². The van der Waals surface area contributed by atoms with E-state index >= 15 is 0 Å². The molecule has 0 atom stereocenters. The molecule has 0 aliphatic carbocycles. The van der Waals surface area contributed by atoms with Gasteiger partial charge in [0, 0.05) is 58.8 Å². The molecule has 0 bridgehead atoms. The largest absolute Gasteiger partial charge is 0.455 e. The van der Waals surface area contributed by atoms with Crippen LogP contribution in [0.1, 0.15) is 0 Å². The second-order valence-corrected chi connectivity index (χ2v) is 14.6. The zero-order valence-electron chi connectivity index (χ0n) is 29.7. The summed E-state index contributed by atoms with van der Waals surface area (Å²) in [6.07, 6.45) is 0. The maximum atomic E-state index is 6.42. The monoisotopic (exact) mass is 736 g/mol. The average Bonchev–Trinajstić information content (AvgIpc) is 3.85. The molecule has 0 spiro atoms. The summed E-state index contributed by atoms with van der Waals surface area (Å²) < 4.78 is 8.66. The third kappa shape index (κ3) is 5.51. The van der Waals surface area contributed by atoms with E-state index in [1.165, 1.54) is 0 Å². The van der Waals surface area contributed by atoms with Crippen molar-refractivity contribution in [2.45, 2.75) is 0 Å². The summed E-state index contributed by atoms with van der Waals surface area (Å²) in [4.78, 5) is 30.2. The molecule has 7 nitrogen and oxygen atoms in total. The van der Waals surface area contributed by atoms with E-state index in [9.17, 15) is 0 Å². The van der Waals surface area contributed by atoms with Crippen LogP contribution in [0.25, 0.3) is 110 Å². The Morgan fingerprint density at radius 1 is 0.339 bits per heavy atom. The molecule has 4 aromatic heterocycles. The third-order valence-corrected chi connectivity index (χ3v) is 11.1. The summed E-state index contributed by atoms with van der Waals surface area (Å²) in [5, 5.41) is 4.29. The van der Waals surface area contributed by atoms with Crippen molar-refractivity contribution in [3.8, 4) is 68.3 Å². The molecule has 7 aromatic carbocycles. The number of furan rings is 1. The second-order valence-electron chi connectivity index (χ2n) is 13.5. The minimum Gasteiger partial charge on any atom is -0.455 e. The highest BCUT2D eigenvalue weighted by molar-refractivity contribution is 7.26. The van der Waals surface area contributed by atoms with E-state index in [0.717, 1.165) is 75.5 Å². The van der Waals surface area contributed by atoms with Crippen molar-refractivity contribution in [3.63, 3.8) is 0 Å². The van der Waals surface area contributed by atoms with Gasteiger partial charge in [0.1, 0.15) is 11.2 Å². The van der Waals surface area contributed by atoms with Crippen LogP contribution in [0.4, 0.5) is 0 Å². The van der Waals surface area contributed by atoms with E-state index in [-0.39, 0.29) is 0 Å². The summed E-state index contributed by atoms with van der Waals surface area (Å²) in [6.45, 7) is 0. The molecular formula is C48H28N6OS. The van der Waals surface area contributed by atoms with Crippen LogP contribution in [-0.4, -0.2) is 29.9 Å². The van der Waals surface area contributed by atoms with Crippen molar-refractivity contribution in [3.05, 3.63) is 170 Å². The van der Waals surface area contributed by atoms with Crippen molar-refractivity contribution in [2.75, 3.05) is 0 Å². The highest BCUT2D eigenvalue weighted by Crippen LogP contribution is 2.42. The van der Waals surface area contributed by atoms with Crippen molar-refractivity contribution in [1.29, 1.82) is 0 Å².